The highest BCUT2D eigenvalue weighted by Crippen LogP contribution is 2.31. The van der Waals surface area contributed by atoms with Crippen LogP contribution in [0.2, 0.25) is 0 Å². The molecule has 158 valence electrons. The summed E-state index contributed by atoms with van der Waals surface area (Å²) >= 11 is 0. The van der Waals surface area contributed by atoms with E-state index in [2.05, 4.69) is 15.5 Å². The molecule has 1 aromatic heterocycles. The number of halogens is 3. The molecule has 0 bridgehead atoms. The van der Waals surface area contributed by atoms with E-state index in [0.717, 1.165) is 17.9 Å². The van der Waals surface area contributed by atoms with Crippen LogP contribution >= 0.6 is 0 Å². The fourth-order valence-corrected chi connectivity index (χ4v) is 2.45. The third kappa shape index (κ3) is 5.72. The molecule has 3 aromatic rings. The quantitative estimate of drug-likeness (QED) is 0.595. The number of carbonyl (C=O) groups excluding carboxylic acids is 1. The molecular weight excluding hydrogens is 403 g/mol. The second kappa shape index (κ2) is 9.29. The second-order valence-electron chi connectivity index (χ2n) is 6.06. The van der Waals surface area contributed by atoms with Crippen LogP contribution in [0.1, 0.15) is 18.4 Å². The monoisotopic (exact) mass is 421 g/mol. The topological polar surface area (TPSA) is 86.5 Å². The number of alkyl halides is 3. The summed E-state index contributed by atoms with van der Waals surface area (Å²) < 4.78 is 53.6. The third-order valence-corrected chi connectivity index (χ3v) is 3.86. The Labute approximate surface area is 169 Å². The molecule has 1 amide bonds. The molecular formula is C20H18F3N3O4. The van der Waals surface area contributed by atoms with Crippen molar-refractivity contribution in [2.75, 3.05) is 13.2 Å². The zero-order chi connectivity index (χ0) is 21.6. The molecule has 1 N–H and O–H groups in total. The summed E-state index contributed by atoms with van der Waals surface area (Å²) in [5.41, 5.74) is -0.138. The van der Waals surface area contributed by atoms with Gasteiger partial charge in [-0.3, -0.25) is 4.79 Å². The van der Waals surface area contributed by atoms with Crippen molar-refractivity contribution in [2.24, 2.45) is 0 Å². The van der Waals surface area contributed by atoms with Gasteiger partial charge in [0.05, 0.1) is 18.7 Å². The lowest BCUT2D eigenvalue weighted by atomic mass is 10.2. The van der Waals surface area contributed by atoms with Gasteiger partial charge in [-0.05, 0) is 49.4 Å². The van der Waals surface area contributed by atoms with Crippen LogP contribution in [0.4, 0.5) is 13.2 Å². The minimum atomic E-state index is -4.49. The molecule has 0 spiro atoms. The SMILES string of the molecule is CCOc1ccc(-c2noc(CNC(=O)COc3cccc(C(F)(F)F)c3)n2)cc1. The van der Waals surface area contributed by atoms with Crippen molar-refractivity contribution in [1.82, 2.24) is 15.5 Å². The lowest BCUT2D eigenvalue weighted by Gasteiger charge is -2.10. The van der Waals surface area contributed by atoms with Crippen molar-refractivity contribution in [2.45, 2.75) is 19.6 Å². The van der Waals surface area contributed by atoms with Crippen molar-refractivity contribution < 1.29 is 32.0 Å². The molecule has 3 rings (SSSR count). The molecule has 2 aromatic carbocycles. The van der Waals surface area contributed by atoms with Crippen LogP contribution in [-0.4, -0.2) is 29.3 Å². The van der Waals surface area contributed by atoms with Gasteiger partial charge in [-0.1, -0.05) is 11.2 Å². The lowest BCUT2D eigenvalue weighted by Crippen LogP contribution is -2.28. The first-order valence-electron chi connectivity index (χ1n) is 8.97. The van der Waals surface area contributed by atoms with Crippen LogP contribution < -0.4 is 14.8 Å². The Morgan fingerprint density at radius 3 is 2.57 bits per heavy atom. The van der Waals surface area contributed by atoms with Gasteiger partial charge in [-0.15, -0.1) is 0 Å². The van der Waals surface area contributed by atoms with Crippen LogP contribution in [0.5, 0.6) is 11.5 Å². The first kappa shape index (κ1) is 21.2. The number of hydrogen-bond donors (Lipinski definition) is 1. The summed E-state index contributed by atoms with van der Waals surface area (Å²) in [4.78, 5) is 16.1. The largest absolute Gasteiger partial charge is 0.494 e. The van der Waals surface area contributed by atoms with Crippen molar-refractivity contribution in [1.29, 1.82) is 0 Å². The smallest absolute Gasteiger partial charge is 0.416 e. The summed E-state index contributed by atoms with van der Waals surface area (Å²) in [5, 5.41) is 6.35. The number of rotatable bonds is 8. The number of nitrogens with zero attached hydrogens (tertiary/aromatic N) is 2. The number of ether oxygens (including phenoxy) is 2. The zero-order valence-corrected chi connectivity index (χ0v) is 15.9. The zero-order valence-electron chi connectivity index (χ0n) is 15.9. The van der Waals surface area contributed by atoms with E-state index in [1.165, 1.54) is 12.1 Å². The first-order valence-corrected chi connectivity index (χ1v) is 8.97. The molecule has 0 atom stereocenters. The Kier molecular flexibility index (Phi) is 6.55. The molecule has 10 heteroatoms. The van der Waals surface area contributed by atoms with Crippen LogP contribution in [0.15, 0.2) is 53.1 Å². The predicted octanol–water partition coefficient (Wildman–Crippen LogP) is 3.85. The standard InChI is InChI=1S/C20H18F3N3O4/c1-2-28-15-8-6-13(7-9-15)19-25-18(30-26-19)11-24-17(27)12-29-16-5-3-4-14(10-16)20(21,22)23/h3-10H,2,11-12H2,1H3,(H,24,27). The fourth-order valence-electron chi connectivity index (χ4n) is 2.45. The van der Waals surface area contributed by atoms with E-state index < -0.39 is 24.3 Å². The molecule has 0 aliphatic rings. The number of benzene rings is 2. The summed E-state index contributed by atoms with van der Waals surface area (Å²) in [7, 11) is 0. The molecule has 1 heterocycles. The summed E-state index contributed by atoms with van der Waals surface area (Å²) in [6.45, 7) is 1.94. The molecule has 0 fully saturated rings. The normalized spacial score (nSPS) is 11.2. The minimum absolute atomic E-state index is 0.0468. The highest BCUT2D eigenvalue weighted by Gasteiger charge is 2.30. The maximum absolute atomic E-state index is 12.7. The predicted molar refractivity (Wildman–Crippen MR) is 99.7 cm³/mol. The Hall–Kier alpha value is -3.56. The van der Waals surface area contributed by atoms with Gasteiger partial charge < -0.3 is 19.3 Å². The average Bonchev–Trinajstić information content (AvgIpc) is 3.20. The second-order valence-corrected chi connectivity index (χ2v) is 6.06. The van der Waals surface area contributed by atoms with E-state index in [9.17, 15) is 18.0 Å². The van der Waals surface area contributed by atoms with E-state index >= 15 is 0 Å². The van der Waals surface area contributed by atoms with Crippen LogP contribution in [0.25, 0.3) is 11.4 Å². The summed E-state index contributed by atoms with van der Waals surface area (Å²) in [5.74, 6) is 0.635. The number of aromatic nitrogens is 2. The highest BCUT2D eigenvalue weighted by atomic mass is 19.4. The van der Waals surface area contributed by atoms with Crippen LogP contribution in [0.3, 0.4) is 0 Å². The van der Waals surface area contributed by atoms with Gasteiger partial charge in [-0.2, -0.15) is 18.2 Å². The van der Waals surface area contributed by atoms with E-state index in [1.54, 1.807) is 24.3 Å². The summed E-state index contributed by atoms with van der Waals surface area (Å²) in [6, 6.07) is 11.4. The number of carbonyl (C=O) groups is 1. The van der Waals surface area contributed by atoms with Gasteiger partial charge in [0, 0.05) is 5.56 Å². The molecule has 0 unspecified atom stereocenters. The van der Waals surface area contributed by atoms with Crippen LogP contribution in [-0.2, 0) is 17.5 Å². The maximum atomic E-state index is 12.7. The number of nitrogens with one attached hydrogen (secondary N) is 1. The molecule has 0 saturated heterocycles. The van der Waals surface area contributed by atoms with Crippen molar-refractivity contribution in [3.05, 3.63) is 60.0 Å². The Morgan fingerprint density at radius 1 is 1.10 bits per heavy atom. The van der Waals surface area contributed by atoms with Gasteiger partial charge >= 0.3 is 6.18 Å². The van der Waals surface area contributed by atoms with E-state index in [1.807, 2.05) is 6.92 Å². The van der Waals surface area contributed by atoms with Crippen molar-refractivity contribution in [3.8, 4) is 22.9 Å². The molecule has 0 aliphatic heterocycles. The Balaban J connectivity index is 1.50. The van der Waals surface area contributed by atoms with Crippen LogP contribution in [0, 0.1) is 0 Å². The maximum Gasteiger partial charge on any atom is 0.416 e. The first-order chi connectivity index (χ1) is 14.3. The molecule has 0 radical (unpaired) electrons. The van der Waals surface area contributed by atoms with Gasteiger partial charge in [0.2, 0.25) is 11.7 Å². The van der Waals surface area contributed by atoms with E-state index in [-0.39, 0.29) is 18.2 Å². The number of amides is 1. The van der Waals surface area contributed by atoms with Gasteiger partial charge in [0.25, 0.3) is 5.91 Å². The summed E-state index contributed by atoms with van der Waals surface area (Å²) in [6.07, 6.45) is -4.49. The van der Waals surface area contributed by atoms with Gasteiger partial charge in [0.15, 0.2) is 6.61 Å². The van der Waals surface area contributed by atoms with Gasteiger partial charge in [0.1, 0.15) is 11.5 Å². The average molecular weight is 421 g/mol. The molecule has 30 heavy (non-hydrogen) atoms. The Morgan fingerprint density at radius 2 is 1.87 bits per heavy atom. The molecule has 7 nitrogen and oxygen atoms in total. The third-order valence-electron chi connectivity index (χ3n) is 3.86. The number of hydrogen-bond acceptors (Lipinski definition) is 6. The fraction of sp³-hybridized carbons (Fsp3) is 0.250. The highest BCUT2D eigenvalue weighted by molar-refractivity contribution is 5.77. The molecule has 0 saturated carbocycles. The van der Waals surface area contributed by atoms with E-state index in [4.69, 9.17) is 14.0 Å². The lowest BCUT2D eigenvalue weighted by molar-refractivity contribution is -0.137. The molecule has 0 aliphatic carbocycles. The van der Waals surface area contributed by atoms with Crippen molar-refractivity contribution in [3.63, 3.8) is 0 Å². The minimum Gasteiger partial charge on any atom is -0.494 e. The van der Waals surface area contributed by atoms with Gasteiger partial charge in [-0.25, -0.2) is 0 Å². The Bertz CT molecular complexity index is 987. The van der Waals surface area contributed by atoms with E-state index in [0.29, 0.717) is 18.0 Å². The van der Waals surface area contributed by atoms with Crippen molar-refractivity contribution >= 4 is 5.91 Å².